The highest BCUT2D eigenvalue weighted by molar-refractivity contribution is 7.89. The molecule has 1 aliphatic rings. The van der Waals surface area contributed by atoms with Crippen molar-refractivity contribution in [1.29, 1.82) is 0 Å². The van der Waals surface area contributed by atoms with Gasteiger partial charge in [-0.2, -0.15) is 4.72 Å². The number of nitrogens with one attached hydrogen (secondary N) is 2. The monoisotopic (exact) mass is 382 g/mol. The van der Waals surface area contributed by atoms with E-state index in [4.69, 9.17) is 21.1 Å². The van der Waals surface area contributed by atoms with Gasteiger partial charge in [0, 0.05) is 16.8 Å². The summed E-state index contributed by atoms with van der Waals surface area (Å²) < 4.78 is 37.3. The predicted octanol–water partition coefficient (Wildman–Crippen LogP) is 2.37. The van der Waals surface area contributed by atoms with Crippen LogP contribution in [0.2, 0.25) is 5.02 Å². The summed E-state index contributed by atoms with van der Waals surface area (Å²) in [5.74, 6) is 0.609. The second-order valence-corrected chi connectivity index (χ2v) is 7.50. The standard InChI is InChI=1S/C16H15ClN2O5S/c1-10(19-25(21,22)13-5-2-11(17)3-6-13)16(20)18-12-4-7-14-15(8-12)24-9-23-14/h2-8,10,19H,9H2,1H3,(H,18,20)/t10-/m0/s1. The average molecular weight is 383 g/mol. The number of ether oxygens (including phenoxy) is 2. The van der Waals surface area contributed by atoms with Gasteiger partial charge >= 0.3 is 0 Å². The van der Waals surface area contributed by atoms with Crippen LogP contribution in [-0.2, 0) is 14.8 Å². The van der Waals surface area contributed by atoms with Crippen LogP contribution in [0.25, 0.3) is 0 Å². The van der Waals surface area contributed by atoms with Crippen molar-refractivity contribution in [2.75, 3.05) is 12.1 Å². The summed E-state index contributed by atoms with van der Waals surface area (Å²) in [4.78, 5) is 12.3. The molecule has 1 atom stereocenters. The van der Waals surface area contributed by atoms with Crippen LogP contribution in [0.3, 0.4) is 0 Å². The summed E-state index contributed by atoms with van der Waals surface area (Å²) in [6.07, 6.45) is 0. The lowest BCUT2D eigenvalue weighted by atomic mass is 10.2. The molecular weight excluding hydrogens is 368 g/mol. The van der Waals surface area contributed by atoms with E-state index < -0.39 is 22.0 Å². The van der Waals surface area contributed by atoms with E-state index in [-0.39, 0.29) is 11.7 Å². The normalized spacial score (nSPS) is 14.2. The van der Waals surface area contributed by atoms with E-state index in [1.54, 1.807) is 18.2 Å². The molecule has 132 valence electrons. The highest BCUT2D eigenvalue weighted by atomic mass is 35.5. The predicted molar refractivity (Wildman–Crippen MR) is 92.4 cm³/mol. The van der Waals surface area contributed by atoms with Crippen molar-refractivity contribution in [1.82, 2.24) is 4.72 Å². The largest absolute Gasteiger partial charge is 0.454 e. The minimum Gasteiger partial charge on any atom is -0.454 e. The summed E-state index contributed by atoms with van der Waals surface area (Å²) in [5, 5.41) is 3.06. The first-order valence-electron chi connectivity index (χ1n) is 7.33. The molecule has 2 aromatic carbocycles. The number of carbonyl (C=O) groups excluding carboxylic acids is 1. The molecule has 1 aliphatic heterocycles. The molecule has 2 N–H and O–H groups in total. The van der Waals surface area contributed by atoms with E-state index in [0.717, 1.165) is 0 Å². The van der Waals surface area contributed by atoms with E-state index in [2.05, 4.69) is 10.0 Å². The summed E-state index contributed by atoms with van der Waals surface area (Å²) in [7, 11) is -3.84. The maximum atomic E-state index is 12.3. The van der Waals surface area contributed by atoms with Crippen molar-refractivity contribution in [3.8, 4) is 11.5 Å². The Labute approximate surface area is 149 Å². The molecule has 1 heterocycles. The fraction of sp³-hybridized carbons (Fsp3) is 0.188. The number of hydrogen-bond donors (Lipinski definition) is 2. The molecule has 0 fully saturated rings. The van der Waals surface area contributed by atoms with E-state index in [1.807, 2.05) is 0 Å². The van der Waals surface area contributed by atoms with Crippen molar-refractivity contribution in [3.63, 3.8) is 0 Å². The van der Waals surface area contributed by atoms with Gasteiger partial charge < -0.3 is 14.8 Å². The number of amides is 1. The maximum absolute atomic E-state index is 12.3. The van der Waals surface area contributed by atoms with Crippen LogP contribution >= 0.6 is 11.6 Å². The van der Waals surface area contributed by atoms with Crippen molar-refractivity contribution in [3.05, 3.63) is 47.5 Å². The number of hydrogen-bond acceptors (Lipinski definition) is 5. The highest BCUT2D eigenvalue weighted by Crippen LogP contribution is 2.34. The Morgan fingerprint density at radius 2 is 1.80 bits per heavy atom. The number of anilines is 1. The third-order valence-corrected chi connectivity index (χ3v) is 5.30. The van der Waals surface area contributed by atoms with E-state index in [9.17, 15) is 13.2 Å². The lowest BCUT2D eigenvalue weighted by Crippen LogP contribution is -2.41. The molecule has 7 nitrogen and oxygen atoms in total. The molecule has 0 bridgehead atoms. The Kier molecular flexibility index (Phi) is 4.85. The van der Waals surface area contributed by atoms with Crippen LogP contribution in [0.4, 0.5) is 5.69 Å². The van der Waals surface area contributed by atoms with Crippen LogP contribution in [0.5, 0.6) is 11.5 Å². The lowest BCUT2D eigenvalue weighted by Gasteiger charge is -2.14. The first-order chi connectivity index (χ1) is 11.8. The quantitative estimate of drug-likeness (QED) is 0.828. The van der Waals surface area contributed by atoms with Gasteiger partial charge in [-0.1, -0.05) is 11.6 Å². The Morgan fingerprint density at radius 1 is 1.12 bits per heavy atom. The zero-order chi connectivity index (χ0) is 18.0. The van der Waals surface area contributed by atoms with Crippen molar-refractivity contribution < 1.29 is 22.7 Å². The number of rotatable bonds is 5. The second-order valence-electron chi connectivity index (χ2n) is 5.35. The van der Waals surface area contributed by atoms with Crippen LogP contribution in [0, 0.1) is 0 Å². The van der Waals surface area contributed by atoms with Gasteiger partial charge in [0.2, 0.25) is 22.7 Å². The van der Waals surface area contributed by atoms with Gasteiger partial charge in [0.25, 0.3) is 0 Å². The first kappa shape index (κ1) is 17.5. The average Bonchev–Trinajstić information content (AvgIpc) is 3.02. The van der Waals surface area contributed by atoms with Crippen molar-refractivity contribution >= 4 is 33.2 Å². The Morgan fingerprint density at radius 3 is 2.52 bits per heavy atom. The number of benzene rings is 2. The molecule has 0 saturated heterocycles. The molecule has 0 radical (unpaired) electrons. The summed E-state index contributed by atoms with van der Waals surface area (Å²) in [5.41, 5.74) is 0.479. The first-order valence-corrected chi connectivity index (χ1v) is 9.20. The minimum absolute atomic E-state index is 0.0274. The summed E-state index contributed by atoms with van der Waals surface area (Å²) in [6, 6.07) is 9.61. The SMILES string of the molecule is C[C@H](NS(=O)(=O)c1ccc(Cl)cc1)C(=O)Nc1ccc2c(c1)OCO2. The van der Waals surface area contributed by atoms with Crippen LogP contribution in [0.1, 0.15) is 6.92 Å². The van der Waals surface area contributed by atoms with Gasteiger partial charge in [0.15, 0.2) is 11.5 Å². The van der Waals surface area contributed by atoms with Crippen molar-refractivity contribution in [2.45, 2.75) is 17.9 Å². The van der Waals surface area contributed by atoms with Gasteiger partial charge in [0.05, 0.1) is 10.9 Å². The molecule has 9 heteroatoms. The summed E-state index contributed by atoms with van der Waals surface area (Å²) in [6.45, 7) is 1.58. The van der Waals surface area contributed by atoms with Crippen LogP contribution in [0.15, 0.2) is 47.4 Å². The Balaban J connectivity index is 1.67. The fourth-order valence-corrected chi connectivity index (χ4v) is 3.52. The number of fused-ring (bicyclic) bond motifs is 1. The molecule has 3 rings (SSSR count). The lowest BCUT2D eigenvalue weighted by molar-refractivity contribution is -0.117. The molecule has 0 aromatic heterocycles. The Hall–Kier alpha value is -2.29. The molecule has 0 unspecified atom stereocenters. The molecule has 1 amide bonds. The fourth-order valence-electron chi connectivity index (χ4n) is 2.19. The number of carbonyl (C=O) groups is 1. The number of sulfonamides is 1. The Bertz CT molecular complexity index is 899. The van der Waals surface area contributed by atoms with Gasteiger partial charge in [-0.3, -0.25) is 4.79 Å². The molecule has 25 heavy (non-hydrogen) atoms. The zero-order valence-corrected chi connectivity index (χ0v) is 14.7. The van der Waals surface area contributed by atoms with Gasteiger partial charge in [0.1, 0.15) is 0 Å². The van der Waals surface area contributed by atoms with E-state index in [1.165, 1.54) is 31.2 Å². The van der Waals surface area contributed by atoms with Crippen molar-refractivity contribution in [2.24, 2.45) is 0 Å². The van der Waals surface area contributed by atoms with Gasteiger partial charge in [-0.15, -0.1) is 0 Å². The number of halogens is 1. The third kappa shape index (κ3) is 4.04. The van der Waals surface area contributed by atoms with Gasteiger partial charge in [-0.05, 0) is 43.3 Å². The smallest absolute Gasteiger partial charge is 0.242 e. The summed E-state index contributed by atoms with van der Waals surface area (Å²) >= 11 is 5.75. The molecule has 2 aromatic rings. The van der Waals surface area contributed by atoms with Gasteiger partial charge in [-0.25, -0.2) is 8.42 Å². The molecular formula is C16H15ClN2O5S. The minimum atomic E-state index is -3.84. The van der Waals surface area contributed by atoms with E-state index >= 15 is 0 Å². The van der Waals surface area contributed by atoms with E-state index in [0.29, 0.717) is 22.2 Å². The molecule has 0 aliphatic carbocycles. The topological polar surface area (TPSA) is 93.7 Å². The molecule has 0 saturated carbocycles. The van der Waals surface area contributed by atoms with Crippen LogP contribution < -0.4 is 19.5 Å². The second kappa shape index (κ2) is 6.91. The van der Waals surface area contributed by atoms with Crippen LogP contribution in [-0.4, -0.2) is 27.2 Å². The maximum Gasteiger partial charge on any atom is 0.242 e. The third-order valence-electron chi connectivity index (χ3n) is 3.49. The zero-order valence-electron chi connectivity index (χ0n) is 13.2. The molecule has 0 spiro atoms. The highest BCUT2D eigenvalue weighted by Gasteiger charge is 2.22.